The lowest BCUT2D eigenvalue weighted by molar-refractivity contribution is -0.135. The molecule has 120 valence electrons. The Balaban J connectivity index is 1.68. The molecule has 4 unspecified atom stereocenters. The van der Waals surface area contributed by atoms with E-state index >= 15 is 0 Å². The fourth-order valence-electron chi connectivity index (χ4n) is 5.93. The van der Waals surface area contributed by atoms with Crippen molar-refractivity contribution in [1.29, 1.82) is 0 Å². The highest BCUT2D eigenvalue weighted by molar-refractivity contribution is 5.95. The number of epoxide rings is 1. The highest BCUT2D eigenvalue weighted by atomic mass is 16.6. The van der Waals surface area contributed by atoms with E-state index in [1.165, 1.54) is 11.1 Å². The molecule has 1 aromatic carbocycles. The lowest BCUT2D eigenvalue weighted by Crippen LogP contribution is -2.67. The number of carbonyl (C=O) groups excluding carboxylic acids is 1. The monoisotopic (exact) mass is 313 g/mol. The quantitative estimate of drug-likeness (QED) is 0.722. The van der Waals surface area contributed by atoms with Crippen LogP contribution in [0.5, 0.6) is 11.5 Å². The summed E-state index contributed by atoms with van der Waals surface area (Å²) in [6.45, 7) is 1.00. The molecule has 0 radical (unpaired) electrons. The lowest BCUT2D eigenvalue weighted by atomic mass is 9.51. The summed E-state index contributed by atoms with van der Waals surface area (Å²) in [4.78, 5) is 15.3. The number of ketones is 1. The summed E-state index contributed by atoms with van der Waals surface area (Å²) in [5, 5.41) is 0. The Labute approximate surface area is 134 Å². The van der Waals surface area contributed by atoms with E-state index in [0.29, 0.717) is 12.0 Å². The molecule has 2 saturated heterocycles. The molecule has 3 fully saturated rings. The molecule has 6 atom stereocenters. The number of piperidine rings is 1. The van der Waals surface area contributed by atoms with Gasteiger partial charge >= 0.3 is 0 Å². The largest absolute Gasteiger partial charge is 0.493 e. The first-order valence-electron chi connectivity index (χ1n) is 8.43. The minimum atomic E-state index is -0.391. The van der Waals surface area contributed by atoms with Crippen LogP contribution in [-0.4, -0.2) is 55.7 Å². The fraction of sp³-hybridized carbons (Fsp3) is 0.611. The molecule has 0 amide bonds. The fourth-order valence-corrected chi connectivity index (χ4v) is 5.93. The summed E-state index contributed by atoms with van der Waals surface area (Å²) in [6.07, 6.45) is 1.42. The van der Waals surface area contributed by atoms with Gasteiger partial charge in [-0.05, 0) is 38.1 Å². The van der Waals surface area contributed by atoms with Gasteiger partial charge in [-0.15, -0.1) is 0 Å². The van der Waals surface area contributed by atoms with Crippen molar-refractivity contribution in [2.75, 3.05) is 20.7 Å². The zero-order valence-electron chi connectivity index (χ0n) is 13.2. The summed E-state index contributed by atoms with van der Waals surface area (Å²) in [7, 11) is 3.87. The van der Waals surface area contributed by atoms with E-state index in [-0.39, 0.29) is 23.4 Å². The predicted molar refractivity (Wildman–Crippen MR) is 81.0 cm³/mol. The van der Waals surface area contributed by atoms with Crippen molar-refractivity contribution in [3.8, 4) is 11.5 Å². The number of likely N-dealkylation sites (N-methyl/N-ethyl adjacent to an activating group) is 1. The number of rotatable bonds is 1. The Morgan fingerprint density at radius 1 is 1.39 bits per heavy atom. The van der Waals surface area contributed by atoms with Crippen molar-refractivity contribution in [1.82, 2.24) is 4.90 Å². The number of fused-ring (bicyclic) bond motifs is 1. The SMILES string of the molecule is COc1ccc2c3c1OC1C(=O)[C@@H]4O[C@@H]4C4C(C2)N(C)CCC314. The first-order chi connectivity index (χ1) is 11.2. The summed E-state index contributed by atoms with van der Waals surface area (Å²) in [6, 6.07) is 4.59. The molecule has 0 aromatic heterocycles. The number of hydrogen-bond donors (Lipinski definition) is 0. The number of likely N-dealkylation sites (tertiary alicyclic amines) is 1. The van der Waals surface area contributed by atoms with E-state index in [9.17, 15) is 4.79 Å². The Hall–Kier alpha value is -1.59. The van der Waals surface area contributed by atoms with E-state index in [1.54, 1.807) is 7.11 Å². The van der Waals surface area contributed by atoms with Gasteiger partial charge in [0.2, 0.25) is 5.78 Å². The molecule has 5 nitrogen and oxygen atoms in total. The van der Waals surface area contributed by atoms with Crippen LogP contribution in [0.4, 0.5) is 0 Å². The zero-order chi connectivity index (χ0) is 15.5. The average molecular weight is 313 g/mol. The summed E-state index contributed by atoms with van der Waals surface area (Å²) in [5.74, 6) is 2.07. The van der Waals surface area contributed by atoms with E-state index < -0.39 is 6.10 Å². The van der Waals surface area contributed by atoms with Gasteiger partial charge in [0.05, 0.1) is 18.6 Å². The summed E-state index contributed by atoms with van der Waals surface area (Å²) in [5.41, 5.74) is 2.37. The molecule has 5 aliphatic rings. The van der Waals surface area contributed by atoms with Gasteiger partial charge in [0.1, 0.15) is 6.10 Å². The minimum Gasteiger partial charge on any atom is -0.493 e. The molecule has 5 heteroatoms. The Bertz CT molecular complexity index is 762. The molecular formula is C18H19NO4. The van der Waals surface area contributed by atoms with Crippen LogP contribution in [0, 0.1) is 5.92 Å². The first-order valence-corrected chi connectivity index (χ1v) is 8.43. The zero-order valence-corrected chi connectivity index (χ0v) is 13.2. The van der Waals surface area contributed by atoms with Crippen LogP contribution in [0.2, 0.25) is 0 Å². The number of ether oxygens (including phenoxy) is 3. The maximum atomic E-state index is 12.9. The van der Waals surface area contributed by atoms with Gasteiger partial charge in [-0.1, -0.05) is 6.07 Å². The van der Waals surface area contributed by atoms with Crippen molar-refractivity contribution < 1.29 is 19.0 Å². The second kappa shape index (κ2) is 3.73. The average Bonchev–Trinajstić information content (AvgIpc) is 3.27. The van der Waals surface area contributed by atoms with Crippen LogP contribution in [0.1, 0.15) is 17.5 Å². The van der Waals surface area contributed by atoms with Crippen molar-refractivity contribution in [2.45, 2.75) is 42.6 Å². The molecule has 1 aromatic rings. The van der Waals surface area contributed by atoms with E-state index in [2.05, 4.69) is 18.0 Å². The lowest BCUT2D eigenvalue weighted by Gasteiger charge is -2.55. The molecule has 1 saturated carbocycles. The number of methoxy groups -OCH3 is 1. The maximum absolute atomic E-state index is 12.9. The van der Waals surface area contributed by atoms with Crippen LogP contribution >= 0.6 is 0 Å². The third kappa shape index (κ3) is 1.22. The number of hydrogen-bond acceptors (Lipinski definition) is 5. The van der Waals surface area contributed by atoms with E-state index in [1.807, 2.05) is 6.07 Å². The molecule has 2 bridgehead atoms. The standard InChI is InChI=1S/C18H19NO4/c1-19-6-5-18-11-8-3-4-10(21-2)14(11)23-17(18)13(20)16-15(22-16)12(18)9(19)7-8/h3-4,9,12,15-17H,5-7H2,1-2H3/t9?,12?,15-,16+,17?,18?/m1/s1. The number of benzene rings is 1. The van der Waals surface area contributed by atoms with Crippen LogP contribution in [0.15, 0.2) is 12.1 Å². The minimum absolute atomic E-state index is 0.0837. The van der Waals surface area contributed by atoms with Gasteiger partial charge < -0.3 is 19.1 Å². The second-order valence-electron chi connectivity index (χ2n) is 7.62. The van der Waals surface area contributed by atoms with Crippen LogP contribution in [0.3, 0.4) is 0 Å². The van der Waals surface area contributed by atoms with Gasteiger partial charge in [0, 0.05) is 17.5 Å². The third-order valence-corrected chi connectivity index (χ3v) is 6.90. The molecular weight excluding hydrogens is 294 g/mol. The first kappa shape index (κ1) is 12.8. The normalized spacial score (nSPS) is 45.1. The maximum Gasteiger partial charge on any atom is 0.205 e. The molecule has 1 spiro atoms. The van der Waals surface area contributed by atoms with Gasteiger partial charge in [0.15, 0.2) is 17.6 Å². The van der Waals surface area contributed by atoms with Crippen molar-refractivity contribution in [3.63, 3.8) is 0 Å². The Kier molecular flexibility index (Phi) is 2.07. The molecule has 3 aliphatic heterocycles. The molecule has 23 heavy (non-hydrogen) atoms. The van der Waals surface area contributed by atoms with E-state index in [4.69, 9.17) is 14.2 Å². The second-order valence-corrected chi connectivity index (χ2v) is 7.62. The third-order valence-electron chi connectivity index (χ3n) is 6.90. The highest BCUT2D eigenvalue weighted by Crippen LogP contribution is 2.66. The molecule has 2 aliphatic carbocycles. The summed E-state index contributed by atoms with van der Waals surface area (Å²) >= 11 is 0. The van der Waals surface area contributed by atoms with Crippen LogP contribution in [0.25, 0.3) is 0 Å². The van der Waals surface area contributed by atoms with E-state index in [0.717, 1.165) is 30.9 Å². The molecule has 6 rings (SSSR count). The Morgan fingerprint density at radius 3 is 3.09 bits per heavy atom. The predicted octanol–water partition coefficient (Wildman–Crippen LogP) is 0.920. The van der Waals surface area contributed by atoms with Crippen molar-refractivity contribution in [2.24, 2.45) is 5.92 Å². The van der Waals surface area contributed by atoms with Crippen molar-refractivity contribution in [3.05, 3.63) is 23.3 Å². The van der Waals surface area contributed by atoms with Gasteiger partial charge in [-0.3, -0.25) is 4.79 Å². The van der Waals surface area contributed by atoms with Crippen molar-refractivity contribution >= 4 is 5.78 Å². The number of Topliss-reactive ketones (excluding diaryl/α,β-unsaturated/α-hetero) is 1. The van der Waals surface area contributed by atoms with Gasteiger partial charge in [-0.25, -0.2) is 0 Å². The topological polar surface area (TPSA) is 51.3 Å². The summed E-state index contributed by atoms with van der Waals surface area (Å²) < 4.78 is 17.6. The molecule has 0 N–H and O–H groups in total. The smallest absolute Gasteiger partial charge is 0.205 e. The number of carbonyl (C=O) groups is 1. The number of nitrogens with zero attached hydrogens (tertiary/aromatic N) is 1. The highest BCUT2D eigenvalue weighted by Gasteiger charge is 2.75. The Morgan fingerprint density at radius 2 is 2.26 bits per heavy atom. The van der Waals surface area contributed by atoms with Crippen LogP contribution in [-0.2, 0) is 21.4 Å². The molecule has 3 heterocycles. The van der Waals surface area contributed by atoms with Gasteiger partial charge in [-0.2, -0.15) is 0 Å². The van der Waals surface area contributed by atoms with Crippen LogP contribution < -0.4 is 9.47 Å². The van der Waals surface area contributed by atoms with Gasteiger partial charge in [0.25, 0.3) is 0 Å².